The van der Waals surface area contributed by atoms with E-state index in [0.29, 0.717) is 18.4 Å². The summed E-state index contributed by atoms with van der Waals surface area (Å²) in [6.07, 6.45) is -1.29. The quantitative estimate of drug-likeness (QED) is 0.128. The monoisotopic (exact) mass is 567 g/mol. The second kappa shape index (κ2) is 14.9. The van der Waals surface area contributed by atoms with Crippen molar-refractivity contribution in [1.29, 1.82) is 0 Å². The van der Waals surface area contributed by atoms with E-state index >= 15 is 0 Å². The van der Waals surface area contributed by atoms with Crippen molar-refractivity contribution in [2.24, 2.45) is 10.8 Å². The van der Waals surface area contributed by atoms with Crippen LogP contribution in [0.3, 0.4) is 0 Å². The number of ether oxygens (including phenoxy) is 5. The highest BCUT2D eigenvalue weighted by Gasteiger charge is 2.44. The van der Waals surface area contributed by atoms with E-state index in [4.69, 9.17) is 23.7 Å². The van der Waals surface area contributed by atoms with Crippen molar-refractivity contribution >= 4 is 24.2 Å². The van der Waals surface area contributed by atoms with Crippen LogP contribution in [0, 0.1) is 10.8 Å². The average Bonchev–Trinajstić information content (AvgIpc) is 2.82. The van der Waals surface area contributed by atoms with Gasteiger partial charge in [-0.1, -0.05) is 61.5 Å². The lowest BCUT2D eigenvalue weighted by Gasteiger charge is -2.33. The molecule has 1 aromatic rings. The number of carbonyl (C=O) groups excluding carboxylic acids is 3. The van der Waals surface area contributed by atoms with Gasteiger partial charge in [-0.15, -0.1) is 0 Å². The van der Waals surface area contributed by atoms with Crippen molar-refractivity contribution in [3.8, 4) is 11.5 Å². The van der Waals surface area contributed by atoms with E-state index < -0.39 is 30.0 Å². The lowest BCUT2D eigenvalue weighted by atomic mass is 9.99. The molecule has 0 saturated carbocycles. The minimum atomic E-state index is -2.10. The number of rotatable bonds is 13. The lowest BCUT2D eigenvalue weighted by Crippen LogP contribution is -2.59. The van der Waals surface area contributed by atoms with E-state index in [2.05, 4.69) is 5.32 Å². The summed E-state index contributed by atoms with van der Waals surface area (Å²) in [4.78, 5) is 49.7. The fraction of sp³-hybridized carbons (Fsp3) is 0.655. The van der Waals surface area contributed by atoms with Crippen LogP contribution in [0.5, 0.6) is 11.5 Å². The van der Waals surface area contributed by atoms with E-state index in [1.807, 2.05) is 48.5 Å². The molecule has 0 amide bonds. The summed E-state index contributed by atoms with van der Waals surface area (Å²) >= 11 is 0. The summed E-state index contributed by atoms with van der Waals surface area (Å²) < 4.78 is 26.5. The first-order valence-corrected chi connectivity index (χ1v) is 13.4. The summed E-state index contributed by atoms with van der Waals surface area (Å²) in [5, 5.41) is 13.1. The molecule has 0 aliphatic carbocycles. The third-order valence-electron chi connectivity index (χ3n) is 5.27. The van der Waals surface area contributed by atoms with Crippen molar-refractivity contribution in [2.75, 3.05) is 13.2 Å². The molecule has 0 radical (unpaired) electrons. The van der Waals surface area contributed by atoms with E-state index in [-0.39, 0.29) is 54.4 Å². The molecule has 0 saturated heterocycles. The Balaban J connectivity index is 3.42. The fourth-order valence-corrected chi connectivity index (χ4v) is 3.15. The van der Waals surface area contributed by atoms with Gasteiger partial charge in [-0.05, 0) is 48.3 Å². The summed E-state index contributed by atoms with van der Waals surface area (Å²) in [5.74, 6) is -2.42. The number of nitrogens with one attached hydrogen (secondary N) is 1. The topological polar surface area (TPSA) is 147 Å². The maximum absolute atomic E-state index is 12.5. The molecule has 0 aromatic heterocycles. The van der Waals surface area contributed by atoms with Gasteiger partial charge in [0.05, 0.1) is 13.2 Å². The molecule has 2 N–H and O–H groups in total. The van der Waals surface area contributed by atoms with Crippen molar-refractivity contribution in [3.05, 3.63) is 23.8 Å². The number of hydrogen-bond acceptors (Lipinski definition) is 10. The van der Waals surface area contributed by atoms with Gasteiger partial charge in [0, 0.05) is 18.9 Å². The van der Waals surface area contributed by atoms with Crippen LogP contribution in [-0.2, 0) is 30.2 Å². The van der Waals surface area contributed by atoms with Crippen LogP contribution in [0.2, 0.25) is 0 Å². The second-order valence-corrected chi connectivity index (χ2v) is 12.2. The van der Waals surface area contributed by atoms with Gasteiger partial charge in [0.2, 0.25) is 0 Å². The Bertz CT molecular complexity index is 1020. The largest absolute Gasteiger partial charge is 0.513 e. The molecular formula is C29H45NO10. The Morgan fingerprint density at radius 3 is 1.85 bits per heavy atom. The molecule has 11 heteroatoms. The molecule has 0 spiro atoms. The van der Waals surface area contributed by atoms with Gasteiger partial charge in [-0.2, -0.15) is 0 Å². The lowest BCUT2D eigenvalue weighted by molar-refractivity contribution is -0.184. The summed E-state index contributed by atoms with van der Waals surface area (Å²) in [7, 11) is 0. The zero-order chi connectivity index (χ0) is 30.7. The molecule has 0 aliphatic heterocycles. The first kappa shape index (κ1) is 34.7. The molecule has 2 atom stereocenters. The third-order valence-corrected chi connectivity index (χ3v) is 5.27. The van der Waals surface area contributed by atoms with Gasteiger partial charge >= 0.3 is 24.2 Å². The molecule has 11 nitrogen and oxygen atoms in total. The van der Waals surface area contributed by atoms with E-state index in [0.717, 1.165) is 0 Å². The van der Waals surface area contributed by atoms with Crippen LogP contribution >= 0.6 is 0 Å². The summed E-state index contributed by atoms with van der Waals surface area (Å²) in [6.45, 7) is 16.8. The molecule has 0 heterocycles. The van der Waals surface area contributed by atoms with Crippen molar-refractivity contribution < 1.29 is 48.0 Å². The minimum absolute atomic E-state index is 0.0364. The number of carbonyl (C=O) groups is 4. The van der Waals surface area contributed by atoms with Crippen LogP contribution in [0.15, 0.2) is 18.2 Å². The van der Waals surface area contributed by atoms with Crippen LogP contribution in [0.25, 0.3) is 0 Å². The normalized spacial score (nSPS) is 13.9. The maximum atomic E-state index is 12.5. The fourth-order valence-electron chi connectivity index (χ4n) is 3.15. The number of hydrogen-bond donors (Lipinski definition) is 2. The molecule has 1 unspecified atom stereocenters. The van der Waals surface area contributed by atoms with Crippen LogP contribution in [-0.4, -0.2) is 54.3 Å². The highest BCUT2D eigenvalue weighted by Crippen LogP contribution is 2.32. The zero-order valence-corrected chi connectivity index (χ0v) is 25.2. The van der Waals surface area contributed by atoms with Crippen LogP contribution in [0.1, 0.15) is 87.1 Å². The number of aliphatic carboxylic acids is 1. The molecule has 0 aliphatic rings. The minimum Gasteiger partial charge on any atom is -0.477 e. The average molecular weight is 568 g/mol. The van der Waals surface area contributed by atoms with E-state index in [1.54, 1.807) is 13.8 Å². The Morgan fingerprint density at radius 2 is 1.40 bits per heavy atom. The van der Waals surface area contributed by atoms with Crippen molar-refractivity contribution in [2.45, 2.75) is 99.8 Å². The Kier molecular flexibility index (Phi) is 12.9. The Morgan fingerprint density at radius 1 is 0.875 bits per heavy atom. The van der Waals surface area contributed by atoms with Crippen LogP contribution < -0.4 is 14.8 Å². The van der Waals surface area contributed by atoms with Gasteiger partial charge in [-0.3, -0.25) is 10.1 Å². The molecule has 1 aromatic carbocycles. The predicted octanol–water partition coefficient (Wildman–Crippen LogP) is 5.86. The standard InChI is InChI=1S/C29H45NO10/c1-10-12-23(31)40-29(24(32)33,30-19(3)11-2)16-20-13-14-21(38-25(34)36-17-27(4,5)6)22(15-20)39-26(35)37-18-28(7,8)9/h13-15,19,30H,10-12,16-18H2,1-9H3,(H,32,33)/t19?,29-/m0/s1. The maximum Gasteiger partial charge on any atom is 0.513 e. The first-order valence-electron chi connectivity index (χ1n) is 13.4. The third kappa shape index (κ3) is 12.7. The van der Waals surface area contributed by atoms with Gasteiger partial charge in [-0.25, -0.2) is 14.4 Å². The second-order valence-electron chi connectivity index (χ2n) is 12.2. The SMILES string of the molecule is CCCC(=O)O[C@](Cc1ccc(OC(=O)OCC(C)(C)C)c(OC(=O)OCC(C)(C)C)c1)(NC(C)CC)C(=O)O. The predicted molar refractivity (Wildman–Crippen MR) is 147 cm³/mol. The molecule has 1 rings (SSSR count). The Labute approximate surface area is 236 Å². The van der Waals surface area contributed by atoms with Crippen LogP contribution in [0.4, 0.5) is 9.59 Å². The number of esters is 1. The summed E-state index contributed by atoms with van der Waals surface area (Å²) in [6, 6.07) is 3.83. The number of carboxylic acids is 1. The van der Waals surface area contributed by atoms with Crippen molar-refractivity contribution in [3.63, 3.8) is 0 Å². The van der Waals surface area contributed by atoms with Gasteiger partial charge in [0.1, 0.15) is 0 Å². The highest BCUT2D eigenvalue weighted by molar-refractivity contribution is 5.82. The first-order chi connectivity index (χ1) is 18.4. The molecule has 40 heavy (non-hydrogen) atoms. The smallest absolute Gasteiger partial charge is 0.477 e. The van der Waals surface area contributed by atoms with Gasteiger partial charge < -0.3 is 28.8 Å². The molecule has 0 bridgehead atoms. The van der Waals surface area contributed by atoms with Crippen molar-refractivity contribution in [1.82, 2.24) is 5.32 Å². The Hall–Kier alpha value is -3.34. The van der Waals surface area contributed by atoms with Gasteiger partial charge in [0.15, 0.2) is 11.5 Å². The number of carboxylic acid groups (broad SMARTS) is 1. The highest BCUT2D eigenvalue weighted by atomic mass is 16.7. The summed E-state index contributed by atoms with van der Waals surface area (Å²) in [5.41, 5.74) is -2.42. The van der Waals surface area contributed by atoms with E-state index in [1.165, 1.54) is 18.2 Å². The van der Waals surface area contributed by atoms with E-state index in [9.17, 15) is 24.3 Å². The molecule has 226 valence electrons. The van der Waals surface area contributed by atoms with Gasteiger partial charge in [0.25, 0.3) is 5.72 Å². The zero-order valence-electron chi connectivity index (χ0n) is 25.2. The molecular weight excluding hydrogens is 522 g/mol. The molecule has 0 fully saturated rings. The number of benzene rings is 1.